The van der Waals surface area contributed by atoms with Crippen LogP contribution in [0.3, 0.4) is 0 Å². The minimum Gasteiger partial charge on any atom is -0.322 e. The van der Waals surface area contributed by atoms with E-state index in [1.165, 1.54) is 24.3 Å². The molecule has 1 N–H and O–H groups in total. The molecule has 0 saturated heterocycles. The summed E-state index contributed by atoms with van der Waals surface area (Å²) in [5.74, 6) is 0.535. The number of benzene rings is 2. The second-order valence-corrected chi connectivity index (χ2v) is 5.35. The number of aromatic nitrogens is 4. The lowest BCUT2D eigenvalue weighted by Crippen LogP contribution is -2.11. The Morgan fingerprint density at radius 3 is 2.52 bits per heavy atom. The summed E-state index contributed by atoms with van der Waals surface area (Å²) in [6.07, 6.45) is 3.48. The van der Waals surface area contributed by atoms with Crippen molar-refractivity contribution in [3.05, 3.63) is 78.4 Å². The van der Waals surface area contributed by atoms with E-state index in [1.807, 2.05) is 6.20 Å². The Hall–Kier alpha value is -3.61. The van der Waals surface area contributed by atoms with E-state index in [4.69, 9.17) is 0 Å². The molecule has 2 aromatic heterocycles. The minimum absolute atomic E-state index is 0.272. The smallest absolute Gasteiger partial charge is 0.255 e. The Morgan fingerprint density at radius 1 is 1.00 bits per heavy atom. The van der Waals surface area contributed by atoms with Crippen LogP contribution in [0.1, 0.15) is 10.4 Å². The Morgan fingerprint density at radius 2 is 1.76 bits per heavy atom. The molecule has 0 saturated carbocycles. The fourth-order valence-corrected chi connectivity index (χ4v) is 2.45. The standard InChI is InChI=1S/C18H12FN5O/c19-14-6-8-15(9-7-14)21-17(25)13-4-2-12(3-5-13)16-22-23-18-20-10-1-11-24(16)18/h1-11H,(H,21,25). The molecular formula is C18H12FN5O. The number of carbonyl (C=O) groups excluding carboxylic acids is 1. The molecule has 7 heteroatoms. The van der Waals surface area contributed by atoms with E-state index in [9.17, 15) is 9.18 Å². The second kappa shape index (κ2) is 6.12. The quantitative estimate of drug-likeness (QED) is 0.625. The first-order valence-corrected chi connectivity index (χ1v) is 7.54. The van der Waals surface area contributed by atoms with Crippen molar-refractivity contribution in [1.82, 2.24) is 19.6 Å². The van der Waals surface area contributed by atoms with Gasteiger partial charge in [0.2, 0.25) is 0 Å². The zero-order chi connectivity index (χ0) is 17.2. The zero-order valence-corrected chi connectivity index (χ0v) is 12.9. The van der Waals surface area contributed by atoms with Crippen molar-refractivity contribution < 1.29 is 9.18 Å². The van der Waals surface area contributed by atoms with Crippen molar-refractivity contribution >= 4 is 17.4 Å². The van der Waals surface area contributed by atoms with Crippen LogP contribution in [0, 0.1) is 5.82 Å². The molecule has 0 radical (unpaired) electrons. The summed E-state index contributed by atoms with van der Waals surface area (Å²) in [6, 6.07) is 14.4. The van der Waals surface area contributed by atoms with E-state index in [-0.39, 0.29) is 11.7 Å². The van der Waals surface area contributed by atoms with Gasteiger partial charge in [-0.15, -0.1) is 10.2 Å². The average molecular weight is 333 g/mol. The number of amides is 1. The van der Waals surface area contributed by atoms with Gasteiger partial charge < -0.3 is 5.32 Å². The van der Waals surface area contributed by atoms with Crippen molar-refractivity contribution in [2.45, 2.75) is 0 Å². The Balaban J connectivity index is 1.57. The molecule has 0 spiro atoms. The molecule has 122 valence electrons. The van der Waals surface area contributed by atoms with Gasteiger partial charge in [-0.05, 0) is 42.5 Å². The van der Waals surface area contributed by atoms with Gasteiger partial charge in [-0.1, -0.05) is 12.1 Å². The minimum atomic E-state index is -0.350. The van der Waals surface area contributed by atoms with Crippen LogP contribution in [0.25, 0.3) is 17.2 Å². The Bertz CT molecular complexity index is 1040. The molecule has 0 unspecified atom stereocenters. The number of nitrogens with zero attached hydrogens (tertiary/aromatic N) is 4. The summed E-state index contributed by atoms with van der Waals surface area (Å²) in [7, 11) is 0. The van der Waals surface area contributed by atoms with Crippen LogP contribution in [-0.2, 0) is 0 Å². The molecule has 0 aliphatic heterocycles. The van der Waals surface area contributed by atoms with E-state index in [0.717, 1.165) is 5.56 Å². The molecule has 0 aliphatic carbocycles. The molecule has 6 nitrogen and oxygen atoms in total. The van der Waals surface area contributed by atoms with E-state index in [2.05, 4.69) is 20.5 Å². The highest BCUT2D eigenvalue weighted by Crippen LogP contribution is 2.19. The van der Waals surface area contributed by atoms with Gasteiger partial charge in [-0.25, -0.2) is 9.37 Å². The summed E-state index contributed by atoms with van der Waals surface area (Å²) in [4.78, 5) is 16.4. The molecule has 2 aromatic carbocycles. The fourth-order valence-electron chi connectivity index (χ4n) is 2.45. The van der Waals surface area contributed by atoms with Crippen molar-refractivity contribution in [1.29, 1.82) is 0 Å². The molecular weight excluding hydrogens is 321 g/mol. The molecule has 4 aromatic rings. The second-order valence-electron chi connectivity index (χ2n) is 5.35. The van der Waals surface area contributed by atoms with Gasteiger partial charge in [0.15, 0.2) is 5.82 Å². The Labute approximate surface area is 142 Å². The predicted molar refractivity (Wildman–Crippen MR) is 90.6 cm³/mol. The van der Waals surface area contributed by atoms with Crippen molar-refractivity contribution in [2.75, 3.05) is 5.32 Å². The van der Waals surface area contributed by atoms with Crippen LogP contribution >= 0.6 is 0 Å². The third-order valence-electron chi connectivity index (χ3n) is 3.70. The van der Waals surface area contributed by atoms with Crippen molar-refractivity contribution in [3.63, 3.8) is 0 Å². The predicted octanol–water partition coefficient (Wildman–Crippen LogP) is 3.18. The highest BCUT2D eigenvalue weighted by atomic mass is 19.1. The maximum absolute atomic E-state index is 12.9. The number of nitrogens with one attached hydrogen (secondary N) is 1. The summed E-state index contributed by atoms with van der Waals surface area (Å²) in [5.41, 5.74) is 1.84. The van der Waals surface area contributed by atoms with Crippen LogP contribution in [0.15, 0.2) is 67.0 Å². The summed E-state index contributed by atoms with van der Waals surface area (Å²) < 4.78 is 14.7. The van der Waals surface area contributed by atoms with Gasteiger partial charge in [0, 0.05) is 29.2 Å². The number of hydrogen-bond acceptors (Lipinski definition) is 4. The fraction of sp³-hybridized carbons (Fsp3) is 0. The topological polar surface area (TPSA) is 72.2 Å². The highest BCUT2D eigenvalue weighted by molar-refractivity contribution is 6.04. The summed E-state index contributed by atoms with van der Waals surface area (Å²) >= 11 is 0. The van der Waals surface area contributed by atoms with E-state index in [0.29, 0.717) is 22.9 Å². The normalized spacial score (nSPS) is 10.8. The number of halogens is 1. The lowest BCUT2D eigenvalue weighted by Gasteiger charge is -2.06. The van der Waals surface area contributed by atoms with Crippen LogP contribution < -0.4 is 5.32 Å². The molecule has 0 bridgehead atoms. The first-order valence-electron chi connectivity index (χ1n) is 7.54. The van der Waals surface area contributed by atoms with E-state index in [1.54, 1.807) is 40.9 Å². The van der Waals surface area contributed by atoms with Gasteiger partial charge >= 0.3 is 0 Å². The van der Waals surface area contributed by atoms with Crippen LogP contribution in [-0.4, -0.2) is 25.5 Å². The number of hydrogen-bond donors (Lipinski definition) is 1. The molecule has 0 fully saturated rings. The van der Waals surface area contributed by atoms with Gasteiger partial charge in [-0.3, -0.25) is 9.20 Å². The van der Waals surface area contributed by atoms with Gasteiger partial charge in [-0.2, -0.15) is 0 Å². The molecule has 25 heavy (non-hydrogen) atoms. The Kier molecular flexibility index (Phi) is 3.66. The average Bonchev–Trinajstić information content (AvgIpc) is 3.08. The van der Waals surface area contributed by atoms with E-state index >= 15 is 0 Å². The molecule has 2 heterocycles. The third kappa shape index (κ3) is 2.94. The SMILES string of the molecule is O=C(Nc1ccc(F)cc1)c1ccc(-c2nnc3ncccn23)cc1. The van der Waals surface area contributed by atoms with Crippen molar-refractivity contribution in [2.24, 2.45) is 0 Å². The largest absolute Gasteiger partial charge is 0.322 e. The molecule has 0 aliphatic rings. The summed E-state index contributed by atoms with van der Waals surface area (Å²) in [6.45, 7) is 0. The van der Waals surface area contributed by atoms with Gasteiger partial charge in [0.25, 0.3) is 11.7 Å². The molecule has 1 amide bonds. The first kappa shape index (κ1) is 14.9. The lowest BCUT2D eigenvalue weighted by atomic mass is 10.1. The monoisotopic (exact) mass is 333 g/mol. The van der Waals surface area contributed by atoms with Gasteiger partial charge in [0.05, 0.1) is 0 Å². The zero-order valence-electron chi connectivity index (χ0n) is 12.9. The number of fused-ring (bicyclic) bond motifs is 1. The lowest BCUT2D eigenvalue weighted by molar-refractivity contribution is 0.102. The molecule has 4 rings (SSSR count). The van der Waals surface area contributed by atoms with Crippen molar-refractivity contribution in [3.8, 4) is 11.4 Å². The number of anilines is 1. The van der Waals surface area contributed by atoms with Crippen LogP contribution in [0.2, 0.25) is 0 Å². The van der Waals surface area contributed by atoms with E-state index < -0.39 is 0 Å². The van der Waals surface area contributed by atoms with Crippen LogP contribution in [0.5, 0.6) is 0 Å². The summed E-state index contributed by atoms with van der Waals surface area (Å²) in [5, 5.41) is 10.9. The molecule has 0 atom stereocenters. The maximum Gasteiger partial charge on any atom is 0.255 e. The number of carbonyl (C=O) groups is 1. The highest BCUT2D eigenvalue weighted by Gasteiger charge is 2.10. The number of rotatable bonds is 3. The van der Waals surface area contributed by atoms with Crippen LogP contribution in [0.4, 0.5) is 10.1 Å². The van der Waals surface area contributed by atoms with Gasteiger partial charge in [0.1, 0.15) is 5.82 Å². The maximum atomic E-state index is 12.9. The third-order valence-corrected chi connectivity index (χ3v) is 3.70. The first-order chi connectivity index (χ1) is 12.2.